The second kappa shape index (κ2) is 7.61. The number of hydroxylamine groups is 2. The van der Waals surface area contributed by atoms with Crippen LogP contribution in [0.4, 0.5) is 0 Å². The van der Waals surface area contributed by atoms with Crippen LogP contribution in [0.25, 0.3) is 0 Å². The Hall–Kier alpha value is 1.34. The van der Waals surface area contributed by atoms with Gasteiger partial charge in [0.1, 0.15) is 0 Å². The molecular formula is C8H17I2NO2-2. The zero-order valence-electron chi connectivity index (χ0n) is 8.35. The van der Waals surface area contributed by atoms with Gasteiger partial charge in [-0.25, -0.2) is 0 Å². The second-order valence-corrected chi connectivity index (χ2v) is 6.71. The van der Waals surface area contributed by atoms with Crippen LogP contribution in [-0.4, -0.2) is 24.3 Å². The molecule has 0 bridgehead atoms. The van der Waals surface area contributed by atoms with Crippen LogP contribution in [-0.2, 0) is 3.07 Å². The van der Waals surface area contributed by atoms with Crippen LogP contribution in [0.1, 0.15) is 33.1 Å². The number of halogens is 2. The van der Waals surface area contributed by atoms with Crippen molar-refractivity contribution >= 4 is 18.6 Å². The van der Waals surface area contributed by atoms with Crippen molar-refractivity contribution in [2.75, 3.05) is 13.6 Å². The number of hydrogen-bond acceptors (Lipinski definition) is 3. The molecule has 82 valence electrons. The van der Waals surface area contributed by atoms with Crippen molar-refractivity contribution in [1.82, 2.24) is 5.06 Å². The Labute approximate surface area is 101 Å². The summed E-state index contributed by atoms with van der Waals surface area (Å²) in [5, 5.41) is 11.6. The van der Waals surface area contributed by atoms with E-state index in [0.717, 1.165) is 24.3 Å². The van der Waals surface area contributed by atoms with Crippen molar-refractivity contribution in [2.45, 2.75) is 38.7 Å². The zero-order valence-corrected chi connectivity index (χ0v) is 12.7. The quantitative estimate of drug-likeness (QED) is 0.328. The summed E-state index contributed by atoms with van der Waals surface area (Å²) < 4.78 is 5.64. The van der Waals surface area contributed by atoms with E-state index >= 15 is 0 Å². The summed E-state index contributed by atoms with van der Waals surface area (Å²) in [4.78, 5) is 0. The second-order valence-electron chi connectivity index (χ2n) is 3.70. The molecule has 0 aromatic heterocycles. The molecule has 0 aliphatic carbocycles. The maximum absolute atomic E-state index is 10.6. The first kappa shape index (κ1) is 14.3. The zero-order chi connectivity index (χ0) is 10.3. The molecule has 0 atom stereocenters. The first-order valence-corrected chi connectivity index (χ1v) is 11.5. The molecule has 0 fully saturated rings. The fourth-order valence-electron chi connectivity index (χ4n) is 1.00. The standard InChI is InChI=1S/C8H17I2NO2/c1-8(2,13-10-9)6-4-5-7-11(3)12/h4-7H2,1-3H3/q-2. The summed E-state index contributed by atoms with van der Waals surface area (Å²) in [5.41, 5.74) is 0.00985. The van der Waals surface area contributed by atoms with Gasteiger partial charge in [-0.05, 0) is 0 Å². The predicted octanol–water partition coefficient (Wildman–Crippen LogP) is -0.264. The van der Waals surface area contributed by atoms with Crippen molar-refractivity contribution in [3.05, 3.63) is 5.21 Å². The average Bonchev–Trinajstić information content (AvgIpc) is 1.98. The molecule has 0 N–H and O–H groups in total. The van der Waals surface area contributed by atoms with Crippen LogP contribution >= 0.6 is 18.6 Å². The van der Waals surface area contributed by atoms with E-state index in [-0.39, 0.29) is 23.2 Å². The fraction of sp³-hybridized carbons (Fsp3) is 1.00. The molecule has 0 aliphatic heterocycles. The molecule has 0 aromatic rings. The van der Waals surface area contributed by atoms with Crippen LogP contribution in [0.2, 0.25) is 0 Å². The molecule has 0 radical (unpaired) electrons. The maximum atomic E-state index is 10.6. The number of nitrogens with zero attached hydrogens (tertiary/aromatic N) is 1. The molecule has 3 nitrogen and oxygen atoms in total. The Morgan fingerprint density at radius 3 is 2.54 bits per heavy atom. The van der Waals surface area contributed by atoms with Gasteiger partial charge in [-0.1, -0.05) is 0 Å². The van der Waals surface area contributed by atoms with Crippen molar-refractivity contribution in [1.29, 1.82) is 0 Å². The van der Waals surface area contributed by atoms with Gasteiger partial charge in [-0.2, -0.15) is 0 Å². The van der Waals surface area contributed by atoms with E-state index < -0.39 is 0 Å². The van der Waals surface area contributed by atoms with Gasteiger partial charge in [0, 0.05) is 0 Å². The Kier molecular flexibility index (Phi) is 8.39. The van der Waals surface area contributed by atoms with Gasteiger partial charge < -0.3 is 0 Å². The van der Waals surface area contributed by atoms with Gasteiger partial charge in [-0.15, -0.1) is 0 Å². The van der Waals surface area contributed by atoms with Gasteiger partial charge >= 0.3 is 102 Å². The first-order valence-electron chi connectivity index (χ1n) is 4.30. The van der Waals surface area contributed by atoms with E-state index in [4.69, 9.17) is 3.07 Å². The van der Waals surface area contributed by atoms with Gasteiger partial charge in [0.05, 0.1) is 0 Å². The fourth-order valence-corrected chi connectivity index (χ4v) is 4.70. The summed E-state index contributed by atoms with van der Waals surface area (Å²) >= 11 is 2.19. The minimum atomic E-state index is -0.120. The van der Waals surface area contributed by atoms with E-state index in [1.165, 1.54) is 0 Å². The normalized spacial score (nSPS) is 12.8. The molecule has 0 rings (SSSR count). The molecule has 0 amide bonds. The van der Waals surface area contributed by atoms with Gasteiger partial charge in [-0.3, -0.25) is 0 Å². The molecule has 5 heteroatoms. The summed E-state index contributed by atoms with van der Waals surface area (Å²) in [5.74, 6) is 0. The van der Waals surface area contributed by atoms with Crippen LogP contribution < -0.4 is 17.6 Å². The monoisotopic (exact) mass is 413 g/mol. The Bertz CT molecular complexity index is 131. The Morgan fingerprint density at radius 1 is 1.46 bits per heavy atom. The van der Waals surface area contributed by atoms with E-state index in [0.29, 0.717) is 6.54 Å². The Balaban J connectivity index is 3.40. The predicted molar refractivity (Wildman–Crippen MR) is 59.0 cm³/mol. The number of rotatable bonds is 7. The topological polar surface area (TPSA) is 35.5 Å². The Morgan fingerprint density at radius 2 is 2.08 bits per heavy atom. The summed E-state index contributed by atoms with van der Waals surface area (Å²) in [6.07, 6.45) is 3.08. The van der Waals surface area contributed by atoms with Crippen molar-refractivity contribution < 1.29 is 20.7 Å². The molecule has 0 saturated carbocycles. The third-order valence-corrected chi connectivity index (χ3v) is 4.22. The third kappa shape index (κ3) is 9.64. The number of unbranched alkanes of at least 4 members (excludes halogenated alkanes) is 1. The van der Waals surface area contributed by atoms with Crippen molar-refractivity contribution in [3.8, 4) is 0 Å². The van der Waals surface area contributed by atoms with E-state index in [1.54, 1.807) is 7.05 Å². The van der Waals surface area contributed by atoms with Gasteiger partial charge in [0.15, 0.2) is 0 Å². The van der Waals surface area contributed by atoms with Crippen molar-refractivity contribution in [3.63, 3.8) is 0 Å². The molecule has 0 spiro atoms. The molecule has 13 heavy (non-hydrogen) atoms. The van der Waals surface area contributed by atoms with E-state index in [1.807, 2.05) is 0 Å². The number of hydrogen-bond donors (Lipinski definition) is 0. The minimum absolute atomic E-state index is 0.00985. The summed E-state index contributed by atoms with van der Waals surface area (Å²) in [6, 6.07) is 0. The molecule has 0 unspecified atom stereocenters. The van der Waals surface area contributed by atoms with E-state index in [9.17, 15) is 5.21 Å². The van der Waals surface area contributed by atoms with Gasteiger partial charge in [0.25, 0.3) is 0 Å². The van der Waals surface area contributed by atoms with Crippen LogP contribution in [0.5, 0.6) is 0 Å². The third-order valence-electron chi connectivity index (χ3n) is 1.74. The van der Waals surface area contributed by atoms with Gasteiger partial charge in [0.2, 0.25) is 0 Å². The molecule has 0 saturated heterocycles. The van der Waals surface area contributed by atoms with E-state index in [2.05, 4.69) is 32.5 Å². The van der Waals surface area contributed by atoms with Crippen LogP contribution in [0, 0.1) is 5.21 Å². The molecule has 0 heterocycles. The molecule has 0 aliphatic rings. The van der Waals surface area contributed by atoms with Crippen LogP contribution in [0.15, 0.2) is 0 Å². The first-order chi connectivity index (χ1) is 5.98. The SMILES string of the molecule is CN([O-])CCCCC(C)(C)O[I-]I. The summed E-state index contributed by atoms with van der Waals surface area (Å²) in [7, 11) is 1.57. The average molecular weight is 413 g/mol. The molecular weight excluding hydrogens is 396 g/mol. The van der Waals surface area contributed by atoms with Crippen LogP contribution in [0.3, 0.4) is 0 Å². The summed E-state index contributed by atoms with van der Waals surface area (Å²) in [6.45, 7) is 4.87. The molecule has 0 aromatic carbocycles. The van der Waals surface area contributed by atoms with Crippen molar-refractivity contribution in [2.24, 2.45) is 0 Å².